The van der Waals surface area contributed by atoms with Gasteiger partial charge in [-0.1, -0.05) is 19.9 Å². The van der Waals surface area contributed by atoms with Crippen molar-refractivity contribution >= 4 is 39.8 Å². The Labute approximate surface area is 187 Å². The molecule has 2 aliphatic rings. The highest BCUT2D eigenvalue weighted by molar-refractivity contribution is 8.26. The number of benzene rings is 1. The smallest absolute Gasteiger partial charge is 0.283 e. The Morgan fingerprint density at radius 1 is 1.13 bits per heavy atom. The van der Waals surface area contributed by atoms with Crippen LogP contribution >= 0.6 is 11.8 Å². The molecular weight excluding hydrogens is 406 g/mol. The summed E-state index contributed by atoms with van der Waals surface area (Å²) in [6, 6.07) is 8.44. The standard InChI is InChI=1S/C24H27N5OS/c1-13(2)9-21-27-29-22(25)20(23(30)26-24(29)31-21)12-18-11-16(5)28(17(18)6)19-8-7-14(3)15(4)10-19/h7-8,10-13,25H,9H2,1-6H3. The third-order valence-electron chi connectivity index (χ3n) is 5.60. The molecule has 1 aromatic heterocycles. The lowest BCUT2D eigenvalue weighted by Crippen LogP contribution is -2.35. The molecule has 0 radical (unpaired) electrons. The van der Waals surface area contributed by atoms with Gasteiger partial charge in [-0.2, -0.15) is 15.1 Å². The van der Waals surface area contributed by atoms with E-state index in [1.165, 1.54) is 27.9 Å². The van der Waals surface area contributed by atoms with Gasteiger partial charge >= 0.3 is 0 Å². The van der Waals surface area contributed by atoms with E-state index in [9.17, 15) is 4.79 Å². The van der Waals surface area contributed by atoms with E-state index in [4.69, 9.17) is 5.41 Å². The van der Waals surface area contributed by atoms with Crippen LogP contribution in [-0.4, -0.2) is 31.5 Å². The summed E-state index contributed by atoms with van der Waals surface area (Å²) >= 11 is 1.38. The van der Waals surface area contributed by atoms with E-state index in [-0.39, 0.29) is 17.3 Å². The predicted molar refractivity (Wildman–Crippen MR) is 129 cm³/mol. The molecule has 0 saturated heterocycles. The summed E-state index contributed by atoms with van der Waals surface area (Å²) in [5, 5.41) is 16.0. The third kappa shape index (κ3) is 3.90. The Morgan fingerprint density at radius 3 is 2.55 bits per heavy atom. The van der Waals surface area contributed by atoms with Crippen LogP contribution in [0.25, 0.3) is 11.8 Å². The number of rotatable bonds is 4. The van der Waals surface area contributed by atoms with Crippen molar-refractivity contribution in [3.63, 3.8) is 0 Å². The number of amidine groups is 2. The first kappa shape index (κ1) is 21.3. The van der Waals surface area contributed by atoms with Crippen LogP contribution in [0.2, 0.25) is 0 Å². The van der Waals surface area contributed by atoms with Crippen molar-refractivity contribution in [2.45, 2.75) is 48.0 Å². The fourth-order valence-corrected chi connectivity index (χ4v) is 4.91. The lowest BCUT2D eigenvalue weighted by molar-refractivity contribution is -0.114. The van der Waals surface area contributed by atoms with Crippen LogP contribution in [0, 0.1) is 39.0 Å². The van der Waals surface area contributed by atoms with Gasteiger partial charge in [-0.05, 0) is 86.3 Å². The maximum atomic E-state index is 12.7. The molecule has 160 valence electrons. The maximum Gasteiger partial charge on any atom is 0.283 e. The number of carbonyl (C=O) groups is 1. The Morgan fingerprint density at radius 2 is 1.87 bits per heavy atom. The molecule has 1 N–H and O–H groups in total. The molecule has 1 aromatic carbocycles. The molecule has 3 heterocycles. The average Bonchev–Trinajstić information content (AvgIpc) is 3.20. The molecule has 31 heavy (non-hydrogen) atoms. The van der Waals surface area contributed by atoms with Crippen LogP contribution < -0.4 is 0 Å². The quantitative estimate of drug-likeness (QED) is 0.658. The lowest BCUT2D eigenvalue weighted by atomic mass is 10.1. The zero-order valence-electron chi connectivity index (χ0n) is 18.8. The van der Waals surface area contributed by atoms with Crippen molar-refractivity contribution < 1.29 is 4.79 Å². The summed E-state index contributed by atoms with van der Waals surface area (Å²) in [5.41, 5.74) is 6.83. The molecule has 6 nitrogen and oxygen atoms in total. The normalized spacial score (nSPS) is 17.5. The average molecular weight is 434 g/mol. The number of hydrogen-bond acceptors (Lipinski definition) is 4. The van der Waals surface area contributed by atoms with Crippen LogP contribution in [0.4, 0.5) is 0 Å². The molecule has 0 fully saturated rings. The van der Waals surface area contributed by atoms with Crippen molar-refractivity contribution in [3.8, 4) is 5.69 Å². The molecule has 0 saturated carbocycles. The van der Waals surface area contributed by atoms with Gasteiger partial charge in [0.1, 0.15) is 5.04 Å². The number of carbonyl (C=O) groups excluding carboxylic acids is 1. The van der Waals surface area contributed by atoms with Gasteiger partial charge in [0.2, 0.25) is 5.17 Å². The van der Waals surface area contributed by atoms with Gasteiger partial charge in [0, 0.05) is 23.5 Å². The lowest BCUT2D eigenvalue weighted by Gasteiger charge is -2.20. The second-order valence-electron chi connectivity index (χ2n) is 8.54. The van der Waals surface area contributed by atoms with E-state index >= 15 is 0 Å². The van der Waals surface area contributed by atoms with Gasteiger partial charge < -0.3 is 4.57 Å². The minimum absolute atomic E-state index is 0.0808. The molecule has 7 heteroatoms. The highest BCUT2D eigenvalue weighted by Gasteiger charge is 2.35. The largest absolute Gasteiger partial charge is 0.318 e. The van der Waals surface area contributed by atoms with Crippen LogP contribution in [0.1, 0.15) is 48.3 Å². The molecule has 2 aromatic rings. The van der Waals surface area contributed by atoms with Crippen LogP contribution in [0.3, 0.4) is 0 Å². The van der Waals surface area contributed by atoms with Gasteiger partial charge in [-0.3, -0.25) is 10.2 Å². The number of hydrogen-bond donors (Lipinski definition) is 1. The zero-order chi connectivity index (χ0) is 22.4. The number of thioether (sulfide) groups is 1. The summed E-state index contributed by atoms with van der Waals surface area (Å²) in [4.78, 5) is 16.9. The topological polar surface area (TPSA) is 73.8 Å². The monoisotopic (exact) mass is 433 g/mol. The zero-order valence-corrected chi connectivity index (χ0v) is 19.6. The number of nitrogens with zero attached hydrogens (tertiary/aromatic N) is 4. The number of fused-ring (bicyclic) bond motifs is 1. The molecule has 0 unspecified atom stereocenters. The van der Waals surface area contributed by atoms with Crippen molar-refractivity contribution in [1.29, 1.82) is 5.41 Å². The minimum atomic E-state index is -0.388. The van der Waals surface area contributed by atoms with Gasteiger partial charge in [0.05, 0.1) is 5.57 Å². The number of hydrazone groups is 1. The molecular formula is C24H27N5OS. The first-order valence-corrected chi connectivity index (χ1v) is 11.2. The number of aromatic nitrogens is 1. The summed E-state index contributed by atoms with van der Waals surface area (Å²) in [5.74, 6) is 0.141. The van der Waals surface area contributed by atoms with Crippen molar-refractivity contribution in [3.05, 3.63) is 57.9 Å². The Balaban J connectivity index is 1.71. The summed E-state index contributed by atoms with van der Waals surface area (Å²) in [7, 11) is 0. The number of amides is 1. The van der Waals surface area contributed by atoms with Crippen LogP contribution in [-0.2, 0) is 4.79 Å². The second kappa shape index (κ2) is 7.96. The minimum Gasteiger partial charge on any atom is -0.318 e. The predicted octanol–water partition coefficient (Wildman–Crippen LogP) is 5.38. The fourth-order valence-electron chi connectivity index (χ4n) is 3.81. The van der Waals surface area contributed by atoms with Crippen molar-refractivity contribution in [2.75, 3.05) is 0 Å². The van der Waals surface area contributed by atoms with Crippen molar-refractivity contribution in [2.24, 2.45) is 16.0 Å². The van der Waals surface area contributed by atoms with Gasteiger partial charge in [0.15, 0.2) is 5.84 Å². The number of aliphatic imine (C=N–C) groups is 1. The van der Waals surface area contributed by atoms with Gasteiger partial charge in [-0.25, -0.2) is 0 Å². The van der Waals surface area contributed by atoms with E-state index in [1.54, 1.807) is 6.08 Å². The SMILES string of the molecule is Cc1ccc(-n2c(C)cc(C=C3C(=N)N4N=C(CC(C)C)SC4=NC3=O)c2C)cc1C. The van der Waals surface area contributed by atoms with E-state index in [0.29, 0.717) is 11.1 Å². The molecule has 0 atom stereocenters. The van der Waals surface area contributed by atoms with Gasteiger partial charge in [-0.15, -0.1) is 0 Å². The van der Waals surface area contributed by atoms with Crippen LogP contribution in [0.5, 0.6) is 0 Å². The molecule has 0 bridgehead atoms. The maximum absolute atomic E-state index is 12.7. The third-order valence-corrected chi connectivity index (χ3v) is 6.53. The molecule has 4 rings (SSSR count). The summed E-state index contributed by atoms with van der Waals surface area (Å²) in [6.45, 7) is 12.5. The molecule has 1 amide bonds. The Kier molecular flexibility index (Phi) is 5.47. The first-order valence-electron chi connectivity index (χ1n) is 10.4. The second-order valence-corrected chi connectivity index (χ2v) is 9.58. The van der Waals surface area contributed by atoms with Gasteiger partial charge in [0.25, 0.3) is 5.91 Å². The fraction of sp³-hybridized carbons (Fsp3) is 0.333. The Hall–Kier alpha value is -2.93. The van der Waals surface area contributed by atoms with Crippen LogP contribution in [0.15, 0.2) is 39.9 Å². The highest BCUT2D eigenvalue weighted by Crippen LogP contribution is 2.31. The van der Waals surface area contributed by atoms with Crippen molar-refractivity contribution in [1.82, 2.24) is 9.58 Å². The number of nitrogens with one attached hydrogen (secondary N) is 1. The summed E-state index contributed by atoms with van der Waals surface area (Å²) < 4.78 is 2.18. The van der Waals surface area contributed by atoms with E-state index in [0.717, 1.165) is 34.1 Å². The van der Waals surface area contributed by atoms with E-state index < -0.39 is 0 Å². The number of aryl methyl sites for hydroxylation is 3. The first-order chi connectivity index (χ1) is 14.7. The molecule has 0 spiro atoms. The summed E-state index contributed by atoms with van der Waals surface area (Å²) in [6.07, 6.45) is 2.57. The molecule has 0 aliphatic carbocycles. The Bertz CT molecular complexity index is 1200. The highest BCUT2D eigenvalue weighted by atomic mass is 32.2. The van der Waals surface area contributed by atoms with E-state index in [2.05, 4.69) is 60.6 Å². The van der Waals surface area contributed by atoms with E-state index in [1.807, 2.05) is 19.9 Å². The molecule has 2 aliphatic heterocycles.